The van der Waals surface area contributed by atoms with E-state index in [9.17, 15) is 10.2 Å². The van der Waals surface area contributed by atoms with Crippen molar-refractivity contribution in [3.8, 4) is 0 Å². The van der Waals surface area contributed by atoms with Crippen molar-refractivity contribution in [3.63, 3.8) is 0 Å². The minimum Gasteiger partial charge on any atom is -0.393 e. The SMILES string of the molecule is C=C1CC[C@@H](O)CC1=CC=C1CCC[C@]2(C)[C@@H]([C@H](C)C=CC(O)C3CC3)CC[C@@H]12. The summed E-state index contributed by atoms with van der Waals surface area (Å²) in [5, 5.41) is 20.2. The summed E-state index contributed by atoms with van der Waals surface area (Å²) >= 11 is 0. The molecule has 2 heteroatoms. The van der Waals surface area contributed by atoms with Crippen LogP contribution in [-0.4, -0.2) is 22.4 Å². The predicted octanol–water partition coefficient (Wildman–Crippen LogP) is 6.12. The summed E-state index contributed by atoms with van der Waals surface area (Å²) in [7, 11) is 0. The third kappa shape index (κ3) is 4.49. The molecule has 4 saturated carbocycles. The Morgan fingerprint density at radius 2 is 1.86 bits per heavy atom. The number of hydrogen-bond acceptors (Lipinski definition) is 2. The van der Waals surface area contributed by atoms with Crippen molar-refractivity contribution < 1.29 is 10.2 Å². The highest BCUT2D eigenvalue weighted by Crippen LogP contribution is 2.59. The maximum Gasteiger partial charge on any atom is 0.0749 e. The van der Waals surface area contributed by atoms with E-state index in [0.717, 1.165) is 19.3 Å². The summed E-state index contributed by atoms with van der Waals surface area (Å²) in [5.74, 6) is 2.45. The molecule has 2 nitrogen and oxygen atoms in total. The van der Waals surface area contributed by atoms with Gasteiger partial charge in [0.15, 0.2) is 0 Å². The second-order valence-electron chi connectivity index (χ2n) is 10.6. The fourth-order valence-electron chi connectivity index (χ4n) is 6.56. The molecule has 160 valence electrons. The molecule has 29 heavy (non-hydrogen) atoms. The molecule has 6 atom stereocenters. The van der Waals surface area contributed by atoms with Gasteiger partial charge in [-0.25, -0.2) is 0 Å². The largest absolute Gasteiger partial charge is 0.393 e. The second-order valence-corrected chi connectivity index (χ2v) is 10.6. The summed E-state index contributed by atoms with van der Waals surface area (Å²) in [6.45, 7) is 9.11. The molecule has 0 aromatic rings. The van der Waals surface area contributed by atoms with Gasteiger partial charge in [0, 0.05) is 0 Å². The molecular weight excluding hydrogens is 356 g/mol. The molecule has 0 aromatic carbocycles. The van der Waals surface area contributed by atoms with Gasteiger partial charge in [0.05, 0.1) is 12.2 Å². The van der Waals surface area contributed by atoms with Crippen LogP contribution in [0.5, 0.6) is 0 Å². The van der Waals surface area contributed by atoms with Gasteiger partial charge in [-0.1, -0.05) is 55.9 Å². The second kappa shape index (κ2) is 8.55. The van der Waals surface area contributed by atoms with Crippen LogP contribution in [0.4, 0.5) is 0 Å². The van der Waals surface area contributed by atoms with Crippen molar-refractivity contribution in [1.29, 1.82) is 0 Å². The van der Waals surface area contributed by atoms with E-state index in [1.165, 1.54) is 56.1 Å². The van der Waals surface area contributed by atoms with Gasteiger partial charge in [-0.05, 0) is 98.9 Å². The third-order valence-corrected chi connectivity index (χ3v) is 8.58. The number of aliphatic hydroxyl groups excluding tert-OH is 2. The summed E-state index contributed by atoms with van der Waals surface area (Å²) in [5.41, 5.74) is 4.46. The minimum atomic E-state index is -0.227. The smallest absolute Gasteiger partial charge is 0.0749 e. The van der Waals surface area contributed by atoms with E-state index in [4.69, 9.17) is 0 Å². The maximum absolute atomic E-state index is 10.2. The van der Waals surface area contributed by atoms with Gasteiger partial charge in [-0.3, -0.25) is 0 Å². The van der Waals surface area contributed by atoms with Crippen LogP contribution >= 0.6 is 0 Å². The molecule has 4 fully saturated rings. The Balaban J connectivity index is 1.47. The zero-order valence-electron chi connectivity index (χ0n) is 18.4. The average molecular weight is 397 g/mol. The lowest BCUT2D eigenvalue weighted by Gasteiger charge is -2.44. The molecule has 0 aliphatic heterocycles. The molecule has 4 aliphatic rings. The lowest BCUT2D eigenvalue weighted by Crippen LogP contribution is -2.35. The average Bonchev–Trinajstić information content (AvgIpc) is 3.48. The fourth-order valence-corrected chi connectivity index (χ4v) is 6.56. The Morgan fingerprint density at radius 3 is 2.62 bits per heavy atom. The Morgan fingerprint density at radius 1 is 1.07 bits per heavy atom. The van der Waals surface area contributed by atoms with Gasteiger partial charge in [0.1, 0.15) is 0 Å². The van der Waals surface area contributed by atoms with Crippen LogP contribution in [0.25, 0.3) is 0 Å². The lowest BCUT2D eigenvalue weighted by atomic mass is 9.61. The van der Waals surface area contributed by atoms with E-state index in [1.54, 1.807) is 5.57 Å². The highest BCUT2D eigenvalue weighted by Gasteiger charge is 2.50. The Hall–Kier alpha value is -1.12. The molecule has 0 radical (unpaired) electrons. The maximum atomic E-state index is 10.2. The zero-order chi connectivity index (χ0) is 20.6. The van der Waals surface area contributed by atoms with Crippen LogP contribution in [0.2, 0.25) is 0 Å². The fraction of sp³-hybridized carbons (Fsp3) is 0.704. The molecular formula is C27H40O2. The van der Waals surface area contributed by atoms with Gasteiger partial charge in [-0.15, -0.1) is 0 Å². The first kappa shape index (κ1) is 21.1. The van der Waals surface area contributed by atoms with E-state index in [2.05, 4.69) is 44.7 Å². The Kier molecular flexibility index (Phi) is 6.23. The molecule has 0 saturated heterocycles. The highest BCUT2D eigenvalue weighted by atomic mass is 16.3. The number of allylic oxidation sites excluding steroid dienone is 5. The van der Waals surface area contributed by atoms with E-state index in [1.807, 2.05) is 0 Å². The van der Waals surface area contributed by atoms with Gasteiger partial charge < -0.3 is 10.2 Å². The molecule has 0 bridgehead atoms. The topological polar surface area (TPSA) is 40.5 Å². The number of rotatable bonds is 5. The molecule has 4 rings (SSSR count). The molecule has 0 heterocycles. The molecule has 0 aromatic heterocycles. The number of aliphatic hydroxyl groups is 2. The number of fused-ring (bicyclic) bond motifs is 1. The normalized spacial score (nSPS) is 40.6. The van der Waals surface area contributed by atoms with Crippen molar-refractivity contribution in [1.82, 2.24) is 0 Å². The lowest BCUT2D eigenvalue weighted by molar-refractivity contribution is 0.111. The monoisotopic (exact) mass is 396 g/mol. The molecule has 1 unspecified atom stereocenters. The van der Waals surface area contributed by atoms with E-state index >= 15 is 0 Å². The zero-order valence-corrected chi connectivity index (χ0v) is 18.4. The Bertz CT molecular complexity index is 710. The van der Waals surface area contributed by atoms with Crippen LogP contribution in [-0.2, 0) is 0 Å². The van der Waals surface area contributed by atoms with Crippen LogP contribution in [0.1, 0.15) is 78.1 Å². The van der Waals surface area contributed by atoms with E-state index in [0.29, 0.717) is 29.1 Å². The predicted molar refractivity (Wildman–Crippen MR) is 120 cm³/mol. The molecule has 0 amide bonds. The quantitative estimate of drug-likeness (QED) is 0.550. The first-order valence-electron chi connectivity index (χ1n) is 12.0. The minimum absolute atomic E-state index is 0.198. The van der Waals surface area contributed by atoms with Crippen LogP contribution in [0.15, 0.2) is 47.6 Å². The van der Waals surface area contributed by atoms with Gasteiger partial charge in [0.25, 0.3) is 0 Å². The van der Waals surface area contributed by atoms with Crippen molar-refractivity contribution in [2.24, 2.45) is 29.1 Å². The van der Waals surface area contributed by atoms with E-state index < -0.39 is 0 Å². The van der Waals surface area contributed by atoms with Crippen LogP contribution in [0, 0.1) is 29.1 Å². The van der Waals surface area contributed by atoms with E-state index in [-0.39, 0.29) is 12.2 Å². The highest BCUT2D eigenvalue weighted by molar-refractivity contribution is 5.36. The molecule has 2 N–H and O–H groups in total. The Labute approximate surface area is 177 Å². The summed E-state index contributed by atoms with van der Waals surface area (Å²) in [6, 6.07) is 0. The van der Waals surface area contributed by atoms with Gasteiger partial charge in [0.2, 0.25) is 0 Å². The van der Waals surface area contributed by atoms with Crippen LogP contribution in [0.3, 0.4) is 0 Å². The number of hydrogen-bond donors (Lipinski definition) is 2. The molecule has 0 spiro atoms. The first-order valence-corrected chi connectivity index (χ1v) is 12.0. The van der Waals surface area contributed by atoms with Gasteiger partial charge in [-0.2, -0.15) is 0 Å². The van der Waals surface area contributed by atoms with Gasteiger partial charge >= 0.3 is 0 Å². The van der Waals surface area contributed by atoms with Crippen LogP contribution < -0.4 is 0 Å². The molecule has 4 aliphatic carbocycles. The summed E-state index contributed by atoms with van der Waals surface area (Å²) in [4.78, 5) is 0. The standard InChI is InChI=1S/C27H40O2/c1-18-6-12-23(28)17-22(18)11-8-20-5-4-16-27(3)24(13-14-25(20)27)19(2)7-15-26(29)21-9-10-21/h7-8,11,15,19,21,23-26,28-29H,1,4-6,9-10,12-14,16-17H2,2-3H3/t19-,23-,24-,25+,26?,27-/m1/s1. The van der Waals surface area contributed by atoms with Crippen molar-refractivity contribution >= 4 is 0 Å². The first-order chi connectivity index (χ1) is 13.9. The summed E-state index contributed by atoms with van der Waals surface area (Å²) < 4.78 is 0. The van der Waals surface area contributed by atoms with Crippen molar-refractivity contribution in [3.05, 3.63) is 47.6 Å². The summed E-state index contributed by atoms with van der Waals surface area (Å²) in [6.07, 6.45) is 20.0. The van der Waals surface area contributed by atoms with Crippen molar-refractivity contribution in [2.45, 2.75) is 90.3 Å². The third-order valence-electron chi connectivity index (χ3n) is 8.58. The van der Waals surface area contributed by atoms with Crippen molar-refractivity contribution in [2.75, 3.05) is 0 Å².